The Morgan fingerprint density at radius 2 is 2.40 bits per heavy atom. The number of likely N-dealkylation sites (N-methyl/N-ethyl adjacent to an activating group) is 1. The third-order valence-electron chi connectivity index (χ3n) is 3.42. The average Bonchev–Trinajstić information content (AvgIpc) is 2.60. The quantitative estimate of drug-likeness (QED) is 0.724. The van der Waals surface area contributed by atoms with Crippen molar-refractivity contribution in [3.8, 4) is 0 Å². The molecule has 0 heterocycles. The van der Waals surface area contributed by atoms with Crippen molar-refractivity contribution >= 4 is 17.7 Å². The zero-order chi connectivity index (χ0) is 11.3. The van der Waals surface area contributed by atoms with Crippen molar-refractivity contribution in [2.24, 2.45) is 11.7 Å². The minimum atomic E-state index is -0.412. The molecule has 88 valence electrons. The number of hydrogen-bond acceptors (Lipinski definition) is 3. The maximum Gasteiger partial charge on any atom is 0.238 e. The Labute approximate surface area is 96.6 Å². The number of nitrogens with two attached hydrogens (primary N) is 1. The second-order valence-corrected chi connectivity index (χ2v) is 5.22. The molecule has 4 heteroatoms. The molecule has 3 N–H and O–H groups in total. The Hall–Kier alpha value is -0.220. The molecule has 0 spiro atoms. The zero-order valence-corrected chi connectivity index (χ0v) is 10.5. The van der Waals surface area contributed by atoms with Crippen molar-refractivity contribution in [1.82, 2.24) is 5.32 Å². The summed E-state index contributed by atoms with van der Waals surface area (Å²) in [5, 5.41) is 3.33. The summed E-state index contributed by atoms with van der Waals surface area (Å²) in [6.45, 7) is 2.85. The molecule has 1 saturated carbocycles. The van der Waals surface area contributed by atoms with E-state index in [4.69, 9.17) is 5.73 Å². The lowest BCUT2D eigenvalue weighted by Crippen LogP contribution is -2.57. The Morgan fingerprint density at radius 1 is 1.67 bits per heavy atom. The summed E-state index contributed by atoms with van der Waals surface area (Å²) in [6.07, 6.45) is 6.37. The van der Waals surface area contributed by atoms with Crippen molar-refractivity contribution in [2.75, 3.05) is 18.6 Å². The third-order valence-corrected chi connectivity index (χ3v) is 4.07. The van der Waals surface area contributed by atoms with Gasteiger partial charge in [-0.2, -0.15) is 11.8 Å². The fraction of sp³-hybridized carbons (Fsp3) is 0.909. The van der Waals surface area contributed by atoms with Gasteiger partial charge in [0.1, 0.15) is 5.54 Å². The first-order valence-corrected chi connectivity index (χ1v) is 7.10. The topological polar surface area (TPSA) is 55.1 Å². The number of rotatable bonds is 6. The van der Waals surface area contributed by atoms with Gasteiger partial charge in [-0.15, -0.1) is 0 Å². The van der Waals surface area contributed by atoms with Crippen LogP contribution >= 0.6 is 11.8 Å². The molecule has 0 radical (unpaired) electrons. The lowest BCUT2D eigenvalue weighted by atomic mass is 9.84. The smallest absolute Gasteiger partial charge is 0.238 e. The first-order chi connectivity index (χ1) is 7.17. The number of carbonyl (C=O) groups excluding carboxylic acids is 1. The van der Waals surface area contributed by atoms with E-state index in [2.05, 4.69) is 11.6 Å². The van der Waals surface area contributed by atoms with Crippen LogP contribution in [0.3, 0.4) is 0 Å². The molecule has 3 nitrogen and oxygen atoms in total. The van der Waals surface area contributed by atoms with Gasteiger partial charge in [-0.1, -0.05) is 13.3 Å². The fourth-order valence-corrected chi connectivity index (χ4v) is 3.21. The van der Waals surface area contributed by atoms with E-state index in [1.807, 2.05) is 18.7 Å². The number of hydrogen-bond donors (Lipinski definition) is 2. The molecule has 1 amide bonds. The molecular weight excluding hydrogens is 208 g/mol. The van der Waals surface area contributed by atoms with Crippen molar-refractivity contribution in [1.29, 1.82) is 0 Å². The highest BCUT2D eigenvalue weighted by atomic mass is 32.2. The summed E-state index contributed by atoms with van der Waals surface area (Å²) < 4.78 is 0. The maximum atomic E-state index is 11.6. The minimum absolute atomic E-state index is 0.159. The summed E-state index contributed by atoms with van der Waals surface area (Å²) in [7, 11) is 0. The van der Waals surface area contributed by atoms with Crippen LogP contribution in [0, 0.1) is 5.92 Å². The van der Waals surface area contributed by atoms with E-state index in [9.17, 15) is 4.79 Å². The van der Waals surface area contributed by atoms with Crippen LogP contribution in [0.5, 0.6) is 0 Å². The highest BCUT2D eigenvalue weighted by molar-refractivity contribution is 7.98. The van der Waals surface area contributed by atoms with E-state index in [-0.39, 0.29) is 5.91 Å². The first kappa shape index (κ1) is 12.8. The van der Waals surface area contributed by atoms with Gasteiger partial charge in [-0.05, 0) is 43.7 Å². The fourth-order valence-electron chi connectivity index (χ4n) is 2.69. The SMILES string of the molecule is CCNC1(C(N)=O)CCCC1CCSC. The van der Waals surface area contributed by atoms with Crippen molar-refractivity contribution in [3.05, 3.63) is 0 Å². The van der Waals surface area contributed by atoms with Crippen molar-refractivity contribution in [2.45, 2.75) is 38.1 Å². The minimum Gasteiger partial charge on any atom is -0.368 e. The number of amides is 1. The van der Waals surface area contributed by atoms with Gasteiger partial charge in [0, 0.05) is 0 Å². The molecule has 0 aromatic carbocycles. The average molecular weight is 230 g/mol. The Balaban J connectivity index is 2.70. The van der Waals surface area contributed by atoms with E-state index in [1.54, 1.807) is 0 Å². The first-order valence-electron chi connectivity index (χ1n) is 5.71. The molecule has 1 aliphatic rings. The molecule has 0 aromatic heterocycles. The molecule has 0 bridgehead atoms. The standard InChI is InChI=1S/C11H22N2OS/c1-3-13-11(10(12)14)7-4-5-9(11)6-8-15-2/h9,13H,3-8H2,1-2H3,(H2,12,14). The third kappa shape index (κ3) is 2.67. The molecule has 0 aromatic rings. The highest BCUT2D eigenvalue weighted by Gasteiger charge is 2.46. The second kappa shape index (κ2) is 5.75. The van der Waals surface area contributed by atoms with Crippen LogP contribution in [0.1, 0.15) is 32.6 Å². The number of carbonyl (C=O) groups is 1. The van der Waals surface area contributed by atoms with Crippen LogP contribution in [-0.4, -0.2) is 30.0 Å². The van der Waals surface area contributed by atoms with Gasteiger partial charge >= 0.3 is 0 Å². The van der Waals surface area contributed by atoms with Gasteiger partial charge in [0.05, 0.1) is 0 Å². The van der Waals surface area contributed by atoms with E-state index in [0.717, 1.165) is 38.0 Å². The number of nitrogens with one attached hydrogen (secondary N) is 1. The number of primary amides is 1. The lowest BCUT2D eigenvalue weighted by molar-refractivity contribution is -0.125. The highest BCUT2D eigenvalue weighted by Crippen LogP contribution is 2.38. The molecule has 1 rings (SSSR count). The van der Waals surface area contributed by atoms with E-state index in [1.165, 1.54) is 0 Å². The Kier molecular flexibility index (Phi) is 4.93. The molecule has 15 heavy (non-hydrogen) atoms. The summed E-state index contributed by atoms with van der Waals surface area (Å²) in [5.74, 6) is 1.39. The molecular formula is C11H22N2OS. The predicted molar refractivity (Wildman–Crippen MR) is 65.9 cm³/mol. The van der Waals surface area contributed by atoms with E-state index >= 15 is 0 Å². The molecule has 1 aliphatic carbocycles. The summed E-state index contributed by atoms with van der Waals surface area (Å²) in [6, 6.07) is 0. The summed E-state index contributed by atoms with van der Waals surface area (Å²) in [5.41, 5.74) is 5.16. The maximum absolute atomic E-state index is 11.6. The summed E-state index contributed by atoms with van der Waals surface area (Å²) >= 11 is 1.84. The van der Waals surface area contributed by atoms with Gasteiger partial charge < -0.3 is 11.1 Å². The van der Waals surface area contributed by atoms with Crippen LogP contribution in [0.2, 0.25) is 0 Å². The predicted octanol–water partition coefficient (Wildman–Crippen LogP) is 1.37. The van der Waals surface area contributed by atoms with Gasteiger partial charge in [0.15, 0.2) is 0 Å². The lowest BCUT2D eigenvalue weighted by Gasteiger charge is -2.33. The van der Waals surface area contributed by atoms with Gasteiger partial charge in [0.2, 0.25) is 5.91 Å². The van der Waals surface area contributed by atoms with Gasteiger partial charge in [-0.3, -0.25) is 4.79 Å². The van der Waals surface area contributed by atoms with E-state index < -0.39 is 5.54 Å². The Morgan fingerprint density at radius 3 is 2.93 bits per heavy atom. The molecule has 0 saturated heterocycles. The Bertz CT molecular complexity index is 223. The normalized spacial score (nSPS) is 30.7. The molecule has 1 fully saturated rings. The van der Waals surface area contributed by atoms with Gasteiger partial charge in [-0.25, -0.2) is 0 Å². The monoisotopic (exact) mass is 230 g/mol. The number of thioether (sulfide) groups is 1. The molecule has 2 atom stereocenters. The second-order valence-electron chi connectivity index (χ2n) is 4.24. The van der Waals surface area contributed by atoms with Crippen molar-refractivity contribution < 1.29 is 4.79 Å². The zero-order valence-electron chi connectivity index (χ0n) is 9.71. The van der Waals surface area contributed by atoms with Crippen LogP contribution in [0.15, 0.2) is 0 Å². The van der Waals surface area contributed by atoms with Crippen LogP contribution in [0.25, 0.3) is 0 Å². The largest absolute Gasteiger partial charge is 0.368 e. The van der Waals surface area contributed by atoms with Crippen molar-refractivity contribution in [3.63, 3.8) is 0 Å². The van der Waals surface area contributed by atoms with Crippen LogP contribution in [-0.2, 0) is 4.79 Å². The van der Waals surface area contributed by atoms with E-state index in [0.29, 0.717) is 5.92 Å². The van der Waals surface area contributed by atoms with Gasteiger partial charge in [0.25, 0.3) is 0 Å². The van der Waals surface area contributed by atoms with Crippen LogP contribution < -0.4 is 11.1 Å². The molecule has 2 unspecified atom stereocenters. The molecule has 0 aliphatic heterocycles. The van der Waals surface area contributed by atoms with Crippen LogP contribution in [0.4, 0.5) is 0 Å². The summed E-state index contributed by atoms with van der Waals surface area (Å²) in [4.78, 5) is 11.6.